The minimum Gasteiger partial charge on any atom is -0.384 e. The van der Waals surface area contributed by atoms with Crippen molar-refractivity contribution >= 4 is 58.6 Å². The SMILES string of the molecule is OC1/C(=C\c2ccc(Cl)c(Cl)c2)COC/C1=C\c1ccc(Cl)c(Cl)c1. The zero-order chi connectivity index (χ0) is 18.0. The van der Waals surface area contributed by atoms with Gasteiger partial charge in [0.25, 0.3) is 0 Å². The fourth-order valence-electron chi connectivity index (χ4n) is 2.56. The van der Waals surface area contributed by atoms with Crippen LogP contribution in [0.2, 0.25) is 20.1 Å². The van der Waals surface area contributed by atoms with Gasteiger partial charge in [0.15, 0.2) is 0 Å². The van der Waals surface area contributed by atoms with Crippen molar-refractivity contribution in [3.63, 3.8) is 0 Å². The van der Waals surface area contributed by atoms with E-state index in [4.69, 9.17) is 51.1 Å². The first-order valence-corrected chi connectivity index (χ1v) is 9.02. The summed E-state index contributed by atoms with van der Waals surface area (Å²) in [5, 5.41) is 12.6. The van der Waals surface area contributed by atoms with Gasteiger partial charge < -0.3 is 9.84 Å². The summed E-state index contributed by atoms with van der Waals surface area (Å²) in [5.41, 5.74) is 3.19. The molecule has 0 bridgehead atoms. The van der Waals surface area contributed by atoms with E-state index in [-0.39, 0.29) is 0 Å². The van der Waals surface area contributed by atoms with Crippen molar-refractivity contribution in [1.29, 1.82) is 0 Å². The highest BCUT2D eigenvalue weighted by Crippen LogP contribution is 2.28. The summed E-state index contributed by atoms with van der Waals surface area (Å²) in [4.78, 5) is 0. The monoisotopic (exact) mass is 414 g/mol. The lowest BCUT2D eigenvalue weighted by Gasteiger charge is -2.25. The van der Waals surface area contributed by atoms with Crippen molar-refractivity contribution in [2.24, 2.45) is 0 Å². The van der Waals surface area contributed by atoms with Crippen molar-refractivity contribution < 1.29 is 9.84 Å². The van der Waals surface area contributed by atoms with Crippen LogP contribution in [-0.4, -0.2) is 24.4 Å². The minimum absolute atomic E-state index is 0.347. The van der Waals surface area contributed by atoms with Crippen molar-refractivity contribution in [2.45, 2.75) is 6.10 Å². The van der Waals surface area contributed by atoms with Crippen LogP contribution in [0.5, 0.6) is 0 Å². The zero-order valence-electron chi connectivity index (χ0n) is 13.0. The van der Waals surface area contributed by atoms with Crippen LogP contribution in [-0.2, 0) is 4.74 Å². The summed E-state index contributed by atoms with van der Waals surface area (Å²) in [7, 11) is 0. The average molecular weight is 416 g/mol. The molecular weight excluding hydrogens is 402 g/mol. The van der Waals surface area contributed by atoms with E-state index in [0.717, 1.165) is 22.3 Å². The molecule has 1 aliphatic heterocycles. The van der Waals surface area contributed by atoms with Crippen molar-refractivity contribution in [2.75, 3.05) is 13.2 Å². The molecule has 0 spiro atoms. The molecule has 0 radical (unpaired) electrons. The first-order chi connectivity index (χ1) is 11.9. The predicted octanol–water partition coefficient (Wildman–Crippen LogP) is 6.16. The van der Waals surface area contributed by atoms with Crippen LogP contribution in [0.3, 0.4) is 0 Å². The van der Waals surface area contributed by atoms with Gasteiger partial charge in [0.2, 0.25) is 0 Å². The maximum absolute atomic E-state index is 10.7. The van der Waals surface area contributed by atoms with Crippen LogP contribution >= 0.6 is 46.4 Å². The van der Waals surface area contributed by atoms with E-state index >= 15 is 0 Å². The second kappa shape index (κ2) is 8.13. The van der Waals surface area contributed by atoms with Gasteiger partial charge in [-0.2, -0.15) is 0 Å². The van der Waals surface area contributed by atoms with E-state index in [9.17, 15) is 5.11 Å². The Morgan fingerprint density at radius 1 is 0.760 bits per heavy atom. The van der Waals surface area contributed by atoms with Crippen molar-refractivity contribution in [3.8, 4) is 0 Å². The molecule has 1 unspecified atom stereocenters. The van der Waals surface area contributed by atoms with Gasteiger partial charge in [-0.25, -0.2) is 0 Å². The normalized spacial score (nSPS) is 21.1. The molecule has 0 saturated carbocycles. The molecule has 0 amide bonds. The zero-order valence-corrected chi connectivity index (χ0v) is 16.0. The first kappa shape index (κ1) is 18.8. The molecule has 1 aliphatic rings. The fourth-order valence-corrected chi connectivity index (χ4v) is 3.17. The summed E-state index contributed by atoms with van der Waals surface area (Å²) >= 11 is 24.0. The van der Waals surface area contributed by atoms with Gasteiger partial charge in [0.1, 0.15) is 6.10 Å². The molecule has 6 heteroatoms. The Hall–Kier alpha value is -1.000. The largest absolute Gasteiger partial charge is 0.384 e. The Kier molecular flexibility index (Phi) is 6.11. The number of hydrogen-bond acceptors (Lipinski definition) is 2. The number of aliphatic hydroxyl groups excluding tert-OH is 1. The molecule has 130 valence electrons. The molecule has 1 heterocycles. The third-order valence-electron chi connectivity index (χ3n) is 3.83. The third kappa shape index (κ3) is 4.59. The van der Waals surface area contributed by atoms with Gasteiger partial charge >= 0.3 is 0 Å². The summed E-state index contributed by atoms with van der Waals surface area (Å²) in [5.74, 6) is 0. The van der Waals surface area contributed by atoms with Crippen LogP contribution in [0.25, 0.3) is 12.2 Å². The predicted molar refractivity (Wildman–Crippen MR) is 106 cm³/mol. The highest BCUT2D eigenvalue weighted by Gasteiger charge is 2.22. The van der Waals surface area contributed by atoms with Crippen LogP contribution in [0.1, 0.15) is 11.1 Å². The number of hydrogen-bond donors (Lipinski definition) is 1. The number of aliphatic hydroxyl groups is 1. The number of rotatable bonds is 2. The summed E-state index contributed by atoms with van der Waals surface area (Å²) in [6.07, 6.45) is 2.97. The minimum atomic E-state index is -0.738. The lowest BCUT2D eigenvalue weighted by atomic mass is 9.96. The van der Waals surface area contributed by atoms with Crippen LogP contribution in [0.15, 0.2) is 47.5 Å². The maximum Gasteiger partial charge on any atom is 0.101 e. The van der Waals surface area contributed by atoms with E-state index < -0.39 is 6.10 Å². The fraction of sp³-hybridized carbons (Fsp3) is 0.158. The average Bonchev–Trinajstić information content (AvgIpc) is 2.58. The Balaban J connectivity index is 1.88. The standard InChI is InChI=1S/C19H14Cl4O2/c20-15-3-1-11(7-17(15)22)5-13-9-25-10-14(19(13)24)6-12-2-4-16(21)18(23)8-12/h1-8,19,24H,9-10H2/b13-5-,14-6+. The second-order valence-electron chi connectivity index (χ2n) is 5.68. The van der Waals surface area contributed by atoms with Gasteiger partial charge in [-0.15, -0.1) is 0 Å². The molecule has 2 aromatic rings. The molecule has 25 heavy (non-hydrogen) atoms. The Labute approximate surface area is 166 Å². The van der Waals surface area contributed by atoms with E-state index in [1.165, 1.54) is 0 Å². The lowest BCUT2D eigenvalue weighted by Crippen LogP contribution is -2.26. The summed E-state index contributed by atoms with van der Waals surface area (Å²) in [6, 6.07) is 10.6. The third-order valence-corrected chi connectivity index (χ3v) is 5.31. The van der Waals surface area contributed by atoms with E-state index in [0.29, 0.717) is 33.3 Å². The van der Waals surface area contributed by atoms with E-state index in [2.05, 4.69) is 0 Å². The lowest BCUT2D eigenvalue weighted by molar-refractivity contribution is 0.107. The van der Waals surface area contributed by atoms with Crippen molar-refractivity contribution in [3.05, 3.63) is 78.8 Å². The Bertz CT molecular complexity index is 789. The quantitative estimate of drug-likeness (QED) is 0.636. The molecular formula is C19H14Cl4O2. The molecule has 1 fully saturated rings. The maximum atomic E-state index is 10.7. The summed E-state index contributed by atoms with van der Waals surface area (Å²) in [6.45, 7) is 0.695. The van der Waals surface area contributed by atoms with Crippen LogP contribution in [0, 0.1) is 0 Å². The smallest absolute Gasteiger partial charge is 0.101 e. The number of ether oxygens (including phenoxy) is 1. The van der Waals surface area contributed by atoms with E-state index in [1.807, 2.05) is 24.3 Å². The van der Waals surface area contributed by atoms with Crippen LogP contribution in [0.4, 0.5) is 0 Å². The molecule has 3 rings (SSSR count). The highest BCUT2D eigenvalue weighted by molar-refractivity contribution is 6.42. The van der Waals surface area contributed by atoms with Gasteiger partial charge in [0.05, 0.1) is 33.3 Å². The first-order valence-electron chi connectivity index (χ1n) is 7.51. The highest BCUT2D eigenvalue weighted by atomic mass is 35.5. The second-order valence-corrected chi connectivity index (χ2v) is 7.31. The van der Waals surface area contributed by atoms with Gasteiger partial charge in [-0.1, -0.05) is 70.7 Å². The molecule has 0 aliphatic carbocycles. The van der Waals surface area contributed by atoms with Gasteiger partial charge in [0, 0.05) is 0 Å². The molecule has 1 saturated heterocycles. The van der Waals surface area contributed by atoms with Crippen LogP contribution < -0.4 is 0 Å². The van der Waals surface area contributed by atoms with Crippen molar-refractivity contribution in [1.82, 2.24) is 0 Å². The van der Waals surface area contributed by atoms with Gasteiger partial charge in [-0.05, 0) is 46.5 Å². The molecule has 1 atom stereocenters. The summed E-state index contributed by atoms with van der Waals surface area (Å²) < 4.78 is 5.60. The van der Waals surface area contributed by atoms with Gasteiger partial charge in [-0.3, -0.25) is 0 Å². The molecule has 0 aromatic heterocycles. The number of halogens is 4. The Morgan fingerprint density at radius 2 is 1.20 bits per heavy atom. The molecule has 2 nitrogen and oxygen atoms in total. The molecule has 2 aromatic carbocycles. The topological polar surface area (TPSA) is 29.5 Å². The number of benzene rings is 2. The molecule has 1 N–H and O–H groups in total. The Morgan fingerprint density at radius 3 is 1.60 bits per heavy atom. The van der Waals surface area contributed by atoms with E-state index in [1.54, 1.807) is 24.3 Å².